The van der Waals surface area contributed by atoms with E-state index in [1.165, 1.54) is 0 Å². The third-order valence-corrected chi connectivity index (χ3v) is 0.295. The van der Waals surface area contributed by atoms with Gasteiger partial charge in [0.2, 0.25) is 0 Å². The third-order valence-electron chi connectivity index (χ3n) is 0.295. The van der Waals surface area contributed by atoms with Crippen LogP contribution >= 0.6 is 0 Å². The van der Waals surface area contributed by atoms with Gasteiger partial charge in [0.25, 0.3) is 0 Å². The second-order valence-corrected chi connectivity index (χ2v) is 1.06. The number of hydrogen-bond acceptors (Lipinski definition) is 3. The van der Waals surface area contributed by atoms with Crippen LogP contribution in [0.1, 0.15) is 8.35 Å². The average molecular weight is 142 g/mol. The van der Waals surface area contributed by atoms with Crippen molar-refractivity contribution in [2.24, 2.45) is 5.73 Å². The summed E-state index contributed by atoms with van der Waals surface area (Å²) in [4.78, 5) is 23.5. The predicted molar refractivity (Wildman–Crippen MR) is 25.6 cm³/mol. The third kappa shape index (κ3) is 11.4. The maximum absolute atomic E-state index is 9.86. The summed E-state index contributed by atoms with van der Waals surface area (Å²) >= 11 is 0. The molecular formula is C3H7N2NaO3. The number of urea groups is 1. The van der Waals surface area contributed by atoms with E-state index in [0.29, 0.717) is 0 Å². The molecule has 9 heavy (non-hydrogen) atoms. The van der Waals surface area contributed by atoms with Gasteiger partial charge in [-0.1, -0.05) is 0 Å². The van der Waals surface area contributed by atoms with Gasteiger partial charge in [0.1, 0.15) is 0 Å². The predicted octanol–water partition coefficient (Wildman–Crippen LogP) is -3.75. The van der Waals surface area contributed by atoms with Gasteiger partial charge in [-0.25, -0.2) is 4.79 Å². The summed E-state index contributed by atoms with van der Waals surface area (Å²) in [5, 5.41) is 0. The fourth-order valence-electron chi connectivity index (χ4n) is 0.122. The van der Waals surface area contributed by atoms with Crippen molar-refractivity contribution in [3.63, 3.8) is 0 Å². The van der Waals surface area contributed by atoms with Crippen LogP contribution in [0.3, 0.4) is 0 Å². The van der Waals surface area contributed by atoms with Crippen LogP contribution in [0.5, 0.6) is 0 Å². The van der Waals surface area contributed by atoms with Crippen LogP contribution in [-0.2, 0) is 9.63 Å². The van der Waals surface area contributed by atoms with E-state index in [1.807, 2.05) is 0 Å². The normalized spacial score (nSPS) is 6.78. The topological polar surface area (TPSA) is 81.4 Å². The van der Waals surface area contributed by atoms with Crippen molar-refractivity contribution >= 4 is 12.0 Å². The van der Waals surface area contributed by atoms with E-state index in [1.54, 1.807) is 5.48 Å². The van der Waals surface area contributed by atoms with E-state index in [4.69, 9.17) is 0 Å². The molecular weight excluding hydrogens is 135 g/mol. The summed E-state index contributed by atoms with van der Waals surface area (Å²) in [6.45, 7) is 1.15. The first-order chi connectivity index (χ1) is 3.63. The largest absolute Gasteiger partial charge is 1.00 e. The Bertz CT molecular complexity index is 106. The Hall–Kier alpha value is -0.260. The van der Waals surface area contributed by atoms with Gasteiger partial charge in [-0.05, 0) is 0 Å². The van der Waals surface area contributed by atoms with Crippen LogP contribution in [0.15, 0.2) is 0 Å². The van der Waals surface area contributed by atoms with E-state index >= 15 is 0 Å². The molecule has 2 amide bonds. The number of carbonyl (C=O) groups is 2. The van der Waals surface area contributed by atoms with Crippen molar-refractivity contribution in [3.8, 4) is 0 Å². The molecule has 0 aromatic heterocycles. The number of hydroxylamine groups is 1. The second-order valence-electron chi connectivity index (χ2n) is 1.06. The van der Waals surface area contributed by atoms with Gasteiger partial charge in [-0.3, -0.25) is 4.79 Å². The van der Waals surface area contributed by atoms with Crippen molar-refractivity contribution in [2.75, 3.05) is 0 Å². The first-order valence-electron chi connectivity index (χ1n) is 1.86. The molecule has 3 N–H and O–H groups in total. The Labute approximate surface area is 75.6 Å². The fraction of sp³-hybridized carbons (Fsp3) is 0.333. The fourth-order valence-corrected chi connectivity index (χ4v) is 0.122. The Balaban J connectivity index is -0.000000245. The minimum Gasteiger partial charge on any atom is -1.00 e. The van der Waals surface area contributed by atoms with Crippen LogP contribution in [0.2, 0.25) is 0 Å². The molecule has 0 rings (SSSR count). The number of carbonyl (C=O) groups excluding carboxylic acids is 2. The number of hydrogen-bond donors (Lipinski definition) is 2. The monoisotopic (exact) mass is 142 g/mol. The van der Waals surface area contributed by atoms with Crippen LogP contribution in [0.25, 0.3) is 0 Å². The van der Waals surface area contributed by atoms with E-state index in [0.717, 1.165) is 6.92 Å². The Morgan fingerprint density at radius 3 is 2.22 bits per heavy atom. The molecule has 0 aliphatic rings. The molecule has 0 aliphatic carbocycles. The summed E-state index contributed by atoms with van der Waals surface area (Å²) in [6.07, 6.45) is 0. The molecule has 0 saturated carbocycles. The molecule has 0 bridgehead atoms. The van der Waals surface area contributed by atoms with Crippen molar-refractivity contribution in [2.45, 2.75) is 6.92 Å². The minimum atomic E-state index is -0.889. The number of rotatable bonds is 0. The molecule has 0 radical (unpaired) electrons. The van der Waals surface area contributed by atoms with E-state index in [-0.39, 0.29) is 31.0 Å². The van der Waals surface area contributed by atoms with Crippen molar-refractivity contribution < 1.29 is 45.4 Å². The van der Waals surface area contributed by atoms with Crippen molar-refractivity contribution in [1.82, 2.24) is 5.48 Å². The molecule has 0 fully saturated rings. The standard InChI is InChI=1S/C3H6N2O3.Na.H/c1-2(6)8-5-3(4)7;;/h1H3,(H3,4,5,7);;/q;+1;-1. The molecule has 0 atom stereocenters. The Kier molecular flexibility index (Phi) is 7.52. The molecule has 0 aromatic carbocycles. The van der Waals surface area contributed by atoms with Crippen LogP contribution in [0.4, 0.5) is 4.79 Å². The SMILES string of the molecule is CC(=O)ONC(N)=O.[H-].[Na+]. The summed E-state index contributed by atoms with van der Waals surface area (Å²) < 4.78 is 0. The molecule has 0 spiro atoms. The summed E-state index contributed by atoms with van der Waals surface area (Å²) in [5.41, 5.74) is 6.15. The maximum atomic E-state index is 9.86. The molecule has 0 saturated heterocycles. The first kappa shape index (κ1) is 11.5. The number of nitrogens with two attached hydrogens (primary N) is 1. The van der Waals surface area contributed by atoms with Gasteiger partial charge < -0.3 is 12.0 Å². The van der Waals surface area contributed by atoms with Crippen LogP contribution in [0, 0.1) is 0 Å². The zero-order valence-electron chi connectivity index (χ0n) is 6.30. The zero-order valence-corrected chi connectivity index (χ0v) is 7.30. The van der Waals surface area contributed by atoms with E-state index in [9.17, 15) is 9.59 Å². The molecule has 5 nitrogen and oxygen atoms in total. The first-order valence-corrected chi connectivity index (χ1v) is 1.86. The summed E-state index contributed by atoms with van der Waals surface area (Å²) in [5.74, 6) is -0.608. The number of primary amides is 1. The van der Waals surface area contributed by atoms with E-state index in [2.05, 4.69) is 10.6 Å². The molecule has 6 heteroatoms. The maximum Gasteiger partial charge on any atom is 1.00 e. The van der Waals surface area contributed by atoms with Crippen molar-refractivity contribution in [3.05, 3.63) is 0 Å². The van der Waals surface area contributed by atoms with Gasteiger partial charge >= 0.3 is 41.6 Å². The second kappa shape index (κ2) is 5.87. The van der Waals surface area contributed by atoms with Gasteiger partial charge in [0, 0.05) is 6.92 Å². The van der Waals surface area contributed by atoms with Crippen LogP contribution in [-0.4, -0.2) is 12.0 Å². The quantitative estimate of drug-likeness (QED) is 0.269. The average Bonchev–Trinajstić information content (AvgIpc) is 1.61. The van der Waals surface area contributed by atoms with Gasteiger partial charge in [-0.2, -0.15) is 5.48 Å². The van der Waals surface area contributed by atoms with Gasteiger partial charge in [-0.15, -0.1) is 0 Å². The number of nitrogens with one attached hydrogen (secondary N) is 1. The summed E-state index contributed by atoms with van der Waals surface area (Å²) in [6, 6.07) is -0.889. The van der Waals surface area contributed by atoms with Crippen molar-refractivity contribution in [1.29, 1.82) is 0 Å². The minimum absolute atomic E-state index is 0. The van der Waals surface area contributed by atoms with E-state index < -0.39 is 12.0 Å². The number of amides is 2. The van der Waals surface area contributed by atoms with Gasteiger partial charge in [0.05, 0.1) is 0 Å². The molecule has 0 aliphatic heterocycles. The zero-order chi connectivity index (χ0) is 6.57. The molecule has 0 unspecified atom stereocenters. The Morgan fingerprint density at radius 1 is 1.67 bits per heavy atom. The van der Waals surface area contributed by atoms with Crippen LogP contribution < -0.4 is 40.8 Å². The van der Waals surface area contributed by atoms with Gasteiger partial charge in [0.15, 0.2) is 0 Å². The Morgan fingerprint density at radius 2 is 2.11 bits per heavy atom. The molecule has 0 heterocycles. The summed E-state index contributed by atoms with van der Waals surface area (Å²) in [7, 11) is 0. The molecule has 0 aromatic rings. The smallest absolute Gasteiger partial charge is 1.00 e. The molecule has 48 valence electrons.